The van der Waals surface area contributed by atoms with Gasteiger partial charge in [-0.1, -0.05) is 30.3 Å². The topological polar surface area (TPSA) is 49.9 Å². The zero-order valence-corrected chi connectivity index (χ0v) is 15.1. The van der Waals surface area contributed by atoms with Crippen LogP contribution in [0.3, 0.4) is 0 Å². The minimum atomic E-state index is -0.287. The van der Waals surface area contributed by atoms with Crippen molar-refractivity contribution in [2.75, 3.05) is 32.8 Å². The van der Waals surface area contributed by atoms with E-state index in [1.54, 1.807) is 15.9 Å². The summed E-state index contributed by atoms with van der Waals surface area (Å²) >= 11 is 0. The van der Waals surface area contributed by atoms with Crippen molar-refractivity contribution in [2.45, 2.75) is 12.8 Å². The molecule has 1 fully saturated rings. The van der Waals surface area contributed by atoms with Crippen LogP contribution in [0.25, 0.3) is 0 Å². The second-order valence-electron chi connectivity index (χ2n) is 6.49. The largest absolute Gasteiger partial charge is 0.484 e. The lowest BCUT2D eigenvalue weighted by molar-refractivity contribution is -0.140. The number of nitrogens with zero attached hydrogens (tertiary/aromatic N) is 2. The van der Waals surface area contributed by atoms with Gasteiger partial charge in [0.05, 0.1) is 0 Å². The van der Waals surface area contributed by atoms with E-state index in [1.165, 1.54) is 12.1 Å². The summed E-state index contributed by atoms with van der Waals surface area (Å²) < 4.78 is 18.7. The zero-order valence-electron chi connectivity index (χ0n) is 15.1. The number of hydrogen-bond donors (Lipinski definition) is 0. The molecule has 0 saturated carbocycles. The Morgan fingerprint density at radius 2 is 1.56 bits per heavy atom. The fourth-order valence-electron chi connectivity index (χ4n) is 3.06. The molecule has 3 rings (SSSR count). The molecule has 1 saturated heterocycles. The Bertz CT molecular complexity index is 774. The molecular formula is C21H23FN2O3. The van der Waals surface area contributed by atoms with E-state index in [0.717, 1.165) is 5.56 Å². The molecule has 5 nitrogen and oxygen atoms in total. The van der Waals surface area contributed by atoms with E-state index in [-0.39, 0.29) is 24.2 Å². The van der Waals surface area contributed by atoms with Crippen LogP contribution in [0.1, 0.15) is 12.0 Å². The summed E-state index contributed by atoms with van der Waals surface area (Å²) in [5.41, 5.74) is 0.815. The minimum Gasteiger partial charge on any atom is -0.484 e. The van der Waals surface area contributed by atoms with Crippen LogP contribution < -0.4 is 4.74 Å². The Morgan fingerprint density at radius 3 is 2.22 bits per heavy atom. The molecule has 0 radical (unpaired) electrons. The highest BCUT2D eigenvalue weighted by molar-refractivity contribution is 5.79. The van der Waals surface area contributed by atoms with Crippen molar-refractivity contribution in [3.05, 3.63) is 66.0 Å². The van der Waals surface area contributed by atoms with E-state index in [4.69, 9.17) is 4.74 Å². The maximum atomic E-state index is 13.2. The molecule has 1 aliphatic rings. The van der Waals surface area contributed by atoms with E-state index < -0.39 is 0 Å². The number of carbonyl (C=O) groups excluding carboxylic acids is 2. The lowest BCUT2D eigenvalue weighted by Crippen LogP contribution is -2.51. The van der Waals surface area contributed by atoms with E-state index in [2.05, 4.69) is 0 Å². The van der Waals surface area contributed by atoms with Gasteiger partial charge in [-0.2, -0.15) is 0 Å². The summed E-state index contributed by atoms with van der Waals surface area (Å²) in [6, 6.07) is 15.5. The van der Waals surface area contributed by atoms with Gasteiger partial charge in [0.15, 0.2) is 6.61 Å². The first-order valence-corrected chi connectivity index (χ1v) is 9.09. The highest BCUT2D eigenvalue weighted by Gasteiger charge is 2.24. The normalized spacial score (nSPS) is 14.1. The number of benzene rings is 2. The summed E-state index contributed by atoms with van der Waals surface area (Å²) in [6.07, 6.45) is 0.856. The maximum absolute atomic E-state index is 13.2. The fourth-order valence-corrected chi connectivity index (χ4v) is 3.06. The van der Waals surface area contributed by atoms with E-state index in [9.17, 15) is 14.0 Å². The van der Waals surface area contributed by atoms with Crippen LogP contribution in [-0.4, -0.2) is 54.4 Å². The lowest BCUT2D eigenvalue weighted by atomic mass is 10.1. The predicted molar refractivity (Wildman–Crippen MR) is 99.8 cm³/mol. The molecule has 0 aliphatic carbocycles. The number of ether oxygens (including phenoxy) is 1. The van der Waals surface area contributed by atoms with Crippen molar-refractivity contribution in [1.29, 1.82) is 0 Å². The molecule has 0 spiro atoms. The number of para-hydroxylation sites is 1. The van der Waals surface area contributed by atoms with Gasteiger partial charge in [0.2, 0.25) is 5.91 Å². The summed E-state index contributed by atoms with van der Waals surface area (Å²) in [5, 5.41) is 0. The van der Waals surface area contributed by atoms with Gasteiger partial charge in [0.1, 0.15) is 11.6 Å². The number of rotatable bonds is 6. The lowest BCUT2D eigenvalue weighted by Gasteiger charge is -2.34. The summed E-state index contributed by atoms with van der Waals surface area (Å²) in [7, 11) is 0. The van der Waals surface area contributed by atoms with E-state index in [0.29, 0.717) is 44.8 Å². The van der Waals surface area contributed by atoms with Crippen molar-refractivity contribution in [2.24, 2.45) is 0 Å². The van der Waals surface area contributed by atoms with Gasteiger partial charge in [-0.15, -0.1) is 0 Å². The first kappa shape index (κ1) is 18.9. The van der Waals surface area contributed by atoms with Gasteiger partial charge < -0.3 is 14.5 Å². The molecular weight excluding hydrogens is 347 g/mol. The Balaban J connectivity index is 1.40. The first-order valence-electron chi connectivity index (χ1n) is 9.09. The molecule has 0 N–H and O–H groups in total. The third kappa shape index (κ3) is 5.54. The number of halogens is 1. The fraction of sp³-hybridized carbons (Fsp3) is 0.333. The van der Waals surface area contributed by atoms with Gasteiger partial charge in [-0.3, -0.25) is 9.59 Å². The van der Waals surface area contributed by atoms with E-state index in [1.807, 2.05) is 36.4 Å². The summed E-state index contributed by atoms with van der Waals surface area (Å²) in [6.45, 7) is 2.03. The molecule has 0 aromatic heterocycles. The van der Waals surface area contributed by atoms with Crippen molar-refractivity contribution < 1.29 is 18.7 Å². The molecule has 2 aromatic carbocycles. The Hall–Kier alpha value is -2.89. The second kappa shape index (κ2) is 9.16. The molecule has 142 valence electrons. The van der Waals surface area contributed by atoms with Crippen molar-refractivity contribution >= 4 is 11.8 Å². The van der Waals surface area contributed by atoms with Crippen LogP contribution in [-0.2, 0) is 16.0 Å². The minimum absolute atomic E-state index is 0.00245. The molecule has 2 aromatic rings. The van der Waals surface area contributed by atoms with Crippen molar-refractivity contribution in [3.63, 3.8) is 0 Å². The Labute approximate surface area is 158 Å². The molecule has 2 amide bonds. The number of amides is 2. The monoisotopic (exact) mass is 370 g/mol. The van der Waals surface area contributed by atoms with Gasteiger partial charge in [-0.25, -0.2) is 4.39 Å². The number of hydrogen-bond acceptors (Lipinski definition) is 3. The standard InChI is InChI=1S/C21H23FN2O3/c22-18-6-4-5-17(15-18)9-10-20(25)23-11-13-24(14-12-23)21(26)16-27-19-7-2-1-3-8-19/h1-8,15H,9-14,16H2. The third-order valence-electron chi connectivity index (χ3n) is 4.61. The maximum Gasteiger partial charge on any atom is 0.260 e. The predicted octanol–water partition coefficient (Wildman–Crippen LogP) is 2.51. The number of carbonyl (C=O) groups is 2. The SMILES string of the molecule is O=C(CCc1cccc(F)c1)N1CCN(C(=O)COc2ccccc2)CC1. The number of aryl methyl sites for hydroxylation is 1. The highest BCUT2D eigenvalue weighted by atomic mass is 19.1. The van der Waals surface area contributed by atoms with Crippen molar-refractivity contribution in [3.8, 4) is 5.75 Å². The van der Waals surface area contributed by atoms with E-state index >= 15 is 0 Å². The summed E-state index contributed by atoms with van der Waals surface area (Å²) in [5.74, 6) is 0.333. The van der Waals surface area contributed by atoms with Crippen LogP contribution >= 0.6 is 0 Å². The smallest absolute Gasteiger partial charge is 0.260 e. The average molecular weight is 370 g/mol. The van der Waals surface area contributed by atoms with Gasteiger partial charge in [0.25, 0.3) is 5.91 Å². The van der Waals surface area contributed by atoms with Crippen molar-refractivity contribution in [1.82, 2.24) is 9.80 Å². The van der Waals surface area contributed by atoms with Gasteiger partial charge >= 0.3 is 0 Å². The molecule has 0 bridgehead atoms. The number of piperazine rings is 1. The molecule has 27 heavy (non-hydrogen) atoms. The quantitative estimate of drug-likeness (QED) is 0.785. The Morgan fingerprint density at radius 1 is 0.889 bits per heavy atom. The molecule has 0 unspecified atom stereocenters. The zero-order chi connectivity index (χ0) is 19.1. The van der Waals surface area contributed by atoms with Crippen LogP contribution in [0.4, 0.5) is 4.39 Å². The van der Waals surface area contributed by atoms with Crippen LogP contribution in [0, 0.1) is 5.82 Å². The van der Waals surface area contributed by atoms with Crippen LogP contribution in [0.15, 0.2) is 54.6 Å². The van der Waals surface area contributed by atoms with Crippen LogP contribution in [0.5, 0.6) is 5.75 Å². The molecule has 0 atom stereocenters. The molecule has 1 heterocycles. The summed E-state index contributed by atoms with van der Waals surface area (Å²) in [4.78, 5) is 28.1. The first-order chi connectivity index (χ1) is 13.1. The van der Waals surface area contributed by atoms with Gasteiger partial charge in [0, 0.05) is 32.6 Å². The van der Waals surface area contributed by atoms with Gasteiger partial charge in [-0.05, 0) is 36.2 Å². The average Bonchev–Trinajstić information content (AvgIpc) is 2.71. The molecule has 1 aliphatic heterocycles. The third-order valence-corrected chi connectivity index (χ3v) is 4.61. The molecule has 6 heteroatoms. The van der Waals surface area contributed by atoms with Crippen LogP contribution in [0.2, 0.25) is 0 Å². The highest BCUT2D eigenvalue weighted by Crippen LogP contribution is 2.11. The Kier molecular flexibility index (Phi) is 6.41. The second-order valence-corrected chi connectivity index (χ2v) is 6.49.